The number of carbonyl (C=O) groups is 1. The van der Waals surface area contributed by atoms with Crippen molar-refractivity contribution in [1.82, 2.24) is 34.4 Å². The minimum Gasteiger partial charge on any atom is -0.379 e. The van der Waals surface area contributed by atoms with Crippen LogP contribution in [0.15, 0.2) is 18.7 Å². The van der Waals surface area contributed by atoms with Crippen LogP contribution in [-0.2, 0) is 9.53 Å². The zero-order valence-electron chi connectivity index (χ0n) is 23.9. The Morgan fingerprint density at radius 2 is 1.93 bits per heavy atom. The van der Waals surface area contributed by atoms with Crippen LogP contribution in [0.5, 0.6) is 0 Å². The van der Waals surface area contributed by atoms with Gasteiger partial charge in [-0.3, -0.25) is 9.69 Å². The van der Waals surface area contributed by atoms with Crippen molar-refractivity contribution >= 4 is 28.3 Å². The number of rotatable bonds is 5. The number of fused-ring (bicyclic) bond motifs is 2. The number of aromatic amines is 1. The van der Waals surface area contributed by atoms with Crippen LogP contribution in [0.1, 0.15) is 43.4 Å². The predicted molar refractivity (Wildman–Crippen MR) is 152 cm³/mol. The molecule has 1 N–H and O–H groups in total. The summed E-state index contributed by atoms with van der Waals surface area (Å²) in [4.78, 5) is 31.5. The molecule has 10 nitrogen and oxygen atoms in total. The van der Waals surface area contributed by atoms with Gasteiger partial charge < -0.3 is 19.5 Å². The van der Waals surface area contributed by atoms with Gasteiger partial charge in [-0.25, -0.2) is 18.9 Å². The summed E-state index contributed by atoms with van der Waals surface area (Å²) in [6, 6.07) is -0.0673. The molecule has 0 unspecified atom stereocenters. The Kier molecular flexibility index (Phi) is 6.95. The third kappa shape index (κ3) is 4.50. The molecule has 6 heterocycles. The maximum atomic E-state index is 16.5. The number of halogens is 1. The summed E-state index contributed by atoms with van der Waals surface area (Å²) in [5.74, 6) is 0.198. The number of hydrogen-bond acceptors (Lipinski definition) is 7. The summed E-state index contributed by atoms with van der Waals surface area (Å²) in [6.45, 7) is 15.2. The fraction of sp³-hybridized carbons (Fsp3) is 0.517. The molecule has 0 spiro atoms. The van der Waals surface area contributed by atoms with Gasteiger partial charge in [0, 0.05) is 55.9 Å². The van der Waals surface area contributed by atoms with Crippen LogP contribution < -0.4 is 4.90 Å². The Morgan fingerprint density at radius 1 is 1.15 bits per heavy atom. The number of anilines is 1. The summed E-state index contributed by atoms with van der Waals surface area (Å²) in [6.07, 6.45) is 5.25. The predicted octanol–water partition coefficient (Wildman–Crippen LogP) is 3.52. The van der Waals surface area contributed by atoms with Crippen molar-refractivity contribution in [3.8, 4) is 11.3 Å². The fourth-order valence-corrected chi connectivity index (χ4v) is 6.16. The fourth-order valence-electron chi connectivity index (χ4n) is 6.16. The summed E-state index contributed by atoms with van der Waals surface area (Å²) in [5.41, 5.74) is 6.37. The molecule has 0 aromatic carbocycles. The standard InChI is InChI=1S/C29H37FN8O2/c1-17(2)24-25-22(34-27(24)21-14-38-28(32-16-33-38)20(5)19(21)4)12-31-29(26(25)30)37-7-6-36(13-18(37)3)23(39)15-35-8-10-40-11-9-35/h12,14,16-18,34H,6-11,13,15H2,1-5H3/t18-/m1/s1. The molecular weight excluding hydrogens is 511 g/mol. The van der Waals surface area contributed by atoms with E-state index in [2.05, 4.69) is 45.7 Å². The third-order valence-corrected chi connectivity index (χ3v) is 8.49. The first kappa shape index (κ1) is 26.6. The van der Waals surface area contributed by atoms with Gasteiger partial charge in [0.05, 0.1) is 37.2 Å². The normalized spacial score (nSPS) is 18.9. The highest BCUT2D eigenvalue weighted by molar-refractivity contribution is 5.94. The lowest BCUT2D eigenvalue weighted by molar-refractivity contribution is -0.134. The lowest BCUT2D eigenvalue weighted by Gasteiger charge is -2.41. The Hall–Kier alpha value is -3.57. The summed E-state index contributed by atoms with van der Waals surface area (Å²) in [7, 11) is 0. The second-order valence-corrected chi connectivity index (χ2v) is 11.3. The van der Waals surface area contributed by atoms with Crippen molar-refractivity contribution in [2.24, 2.45) is 0 Å². The number of H-pyrrole nitrogens is 1. The van der Waals surface area contributed by atoms with Crippen molar-refractivity contribution in [3.05, 3.63) is 41.2 Å². The number of pyridine rings is 2. The van der Waals surface area contributed by atoms with Gasteiger partial charge in [-0.05, 0) is 43.4 Å². The lowest BCUT2D eigenvalue weighted by Crippen LogP contribution is -2.56. The molecule has 0 saturated carbocycles. The highest BCUT2D eigenvalue weighted by atomic mass is 19.1. The average molecular weight is 549 g/mol. The SMILES string of the molecule is Cc1c(-c2[nH]c3cnc(N4CCN(C(=O)CN5CCOCC5)C[C@H]4C)c(F)c3c2C(C)C)cn2ncnc2c1C. The van der Waals surface area contributed by atoms with Crippen LogP contribution >= 0.6 is 0 Å². The number of nitrogens with one attached hydrogen (secondary N) is 1. The van der Waals surface area contributed by atoms with E-state index >= 15 is 4.39 Å². The lowest BCUT2D eigenvalue weighted by atomic mass is 9.94. The van der Waals surface area contributed by atoms with E-state index in [-0.39, 0.29) is 23.7 Å². The highest BCUT2D eigenvalue weighted by Crippen LogP contribution is 2.40. The number of aromatic nitrogens is 5. The number of amides is 1. The average Bonchev–Trinajstić information content (AvgIpc) is 3.57. The first-order valence-corrected chi connectivity index (χ1v) is 14.1. The smallest absolute Gasteiger partial charge is 0.236 e. The highest BCUT2D eigenvalue weighted by Gasteiger charge is 2.32. The molecule has 2 aliphatic rings. The molecule has 0 radical (unpaired) electrons. The largest absolute Gasteiger partial charge is 0.379 e. The van der Waals surface area contributed by atoms with Crippen LogP contribution in [0.25, 0.3) is 27.8 Å². The van der Waals surface area contributed by atoms with E-state index in [1.54, 1.807) is 17.0 Å². The zero-order chi connectivity index (χ0) is 28.1. The molecule has 11 heteroatoms. The zero-order valence-corrected chi connectivity index (χ0v) is 23.9. The maximum Gasteiger partial charge on any atom is 0.236 e. The third-order valence-electron chi connectivity index (χ3n) is 8.49. The minimum atomic E-state index is -0.320. The van der Waals surface area contributed by atoms with Gasteiger partial charge in [-0.1, -0.05) is 13.8 Å². The van der Waals surface area contributed by atoms with Gasteiger partial charge in [-0.15, -0.1) is 0 Å². The Balaban J connectivity index is 1.32. The second-order valence-electron chi connectivity index (χ2n) is 11.3. The van der Waals surface area contributed by atoms with Gasteiger partial charge >= 0.3 is 0 Å². The number of aryl methyl sites for hydroxylation is 1. The number of hydrogen-bond donors (Lipinski definition) is 1. The maximum absolute atomic E-state index is 16.5. The number of ether oxygens (including phenoxy) is 1. The molecule has 1 atom stereocenters. The summed E-state index contributed by atoms with van der Waals surface area (Å²) < 4.78 is 23.6. The monoisotopic (exact) mass is 548 g/mol. The van der Waals surface area contributed by atoms with Crippen molar-refractivity contribution in [2.75, 3.05) is 57.4 Å². The van der Waals surface area contributed by atoms with E-state index in [0.717, 1.165) is 46.7 Å². The van der Waals surface area contributed by atoms with Gasteiger partial charge in [-0.2, -0.15) is 5.10 Å². The van der Waals surface area contributed by atoms with Crippen LogP contribution in [0.2, 0.25) is 0 Å². The van der Waals surface area contributed by atoms with E-state index in [1.165, 1.54) is 0 Å². The van der Waals surface area contributed by atoms with Crippen molar-refractivity contribution < 1.29 is 13.9 Å². The minimum absolute atomic E-state index is 0.0618. The second kappa shape index (κ2) is 10.4. The molecule has 0 bridgehead atoms. The van der Waals surface area contributed by atoms with E-state index in [9.17, 15) is 4.79 Å². The molecule has 2 aliphatic heterocycles. The number of nitrogens with zero attached hydrogens (tertiary/aromatic N) is 7. The molecule has 4 aromatic heterocycles. The van der Waals surface area contributed by atoms with Crippen LogP contribution in [0.4, 0.5) is 10.2 Å². The van der Waals surface area contributed by atoms with Gasteiger partial charge in [0.2, 0.25) is 5.91 Å². The molecule has 1 amide bonds. The van der Waals surface area contributed by atoms with E-state index < -0.39 is 0 Å². The number of piperazine rings is 1. The molecule has 4 aromatic rings. The van der Waals surface area contributed by atoms with Gasteiger partial charge in [0.1, 0.15) is 6.33 Å². The molecule has 40 heavy (non-hydrogen) atoms. The molecule has 0 aliphatic carbocycles. The van der Waals surface area contributed by atoms with Crippen molar-refractivity contribution in [3.63, 3.8) is 0 Å². The van der Waals surface area contributed by atoms with Gasteiger partial charge in [0.25, 0.3) is 0 Å². The van der Waals surface area contributed by atoms with Crippen molar-refractivity contribution in [1.29, 1.82) is 0 Å². The summed E-state index contributed by atoms with van der Waals surface area (Å²) >= 11 is 0. The molecule has 6 rings (SSSR count). The molecule has 2 fully saturated rings. The first-order chi connectivity index (χ1) is 19.2. The topological polar surface area (TPSA) is 94.9 Å². The number of carbonyl (C=O) groups excluding carboxylic acids is 1. The first-order valence-electron chi connectivity index (χ1n) is 14.1. The molecule has 2 saturated heterocycles. The quantitative estimate of drug-likeness (QED) is 0.408. The van der Waals surface area contributed by atoms with Crippen LogP contribution in [0, 0.1) is 19.7 Å². The van der Waals surface area contributed by atoms with E-state index in [0.29, 0.717) is 56.1 Å². The van der Waals surface area contributed by atoms with E-state index in [1.807, 2.05) is 29.8 Å². The van der Waals surface area contributed by atoms with Crippen LogP contribution in [0.3, 0.4) is 0 Å². The van der Waals surface area contributed by atoms with Gasteiger partial charge in [0.15, 0.2) is 17.3 Å². The van der Waals surface area contributed by atoms with Crippen LogP contribution in [-0.4, -0.2) is 98.8 Å². The van der Waals surface area contributed by atoms with Crippen molar-refractivity contribution in [2.45, 2.75) is 46.6 Å². The molecular formula is C29H37FN8O2. The molecule has 212 valence electrons. The number of morpholine rings is 1. The Labute approximate surface area is 233 Å². The van der Waals surface area contributed by atoms with E-state index in [4.69, 9.17) is 4.74 Å². The summed E-state index contributed by atoms with van der Waals surface area (Å²) in [5, 5.41) is 4.92. The Morgan fingerprint density at radius 3 is 2.65 bits per heavy atom. The Bertz CT molecular complexity index is 1570.